The first kappa shape index (κ1) is 15.2. The van der Waals surface area contributed by atoms with Gasteiger partial charge in [0.15, 0.2) is 6.04 Å². The van der Waals surface area contributed by atoms with Crippen LogP contribution in [0, 0.1) is 0 Å². The summed E-state index contributed by atoms with van der Waals surface area (Å²) < 4.78 is 6.36. The van der Waals surface area contributed by atoms with Crippen LogP contribution in [0.1, 0.15) is 33.7 Å². The van der Waals surface area contributed by atoms with E-state index in [1.165, 1.54) is 6.07 Å². The van der Waals surface area contributed by atoms with Crippen molar-refractivity contribution in [1.82, 2.24) is 9.78 Å². The smallest absolute Gasteiger partial charge is 0.331 e. The van der Waals surface area contributed by atoms with Crippen LogP contribution in [0.2, 0.25) is 0 Å². The van der Waals surface area contributed by atoms with Gasteiger partial charge in [-0.1, -0.05) is 0 Å². The summed E-state index contributed by atoms with van der Waals surface area (Å²) in [5, 5.41) is 4.01. The summed E-state index contributed by atoms with van der Waals surface area (Å²) in [6.07, 6.45) is 1.54. The Morgan fingerprint density at radius 1 is 1.42 bits per heavy atom. The first-order chi connectivity index (χ1) is 8.61. The van der Waals surface area contributed by atoms with Gasteiger partial charge in [-0.2, -0.15) is 5.10 Å². The van der Waals surface area contributed by atoms with Crippen LogP contribution in [0.3, 0.4) is 0 Å². The molecule has 0 radical (unpaired) electrons. The van der Waals surface area contributed by atoms with E-state index >= 15 is 0 Å². The molecule has 0 aliphatic rings. The molecule has 0 saturated carbocycles. The lowest BCUT2D eigenvalue weighted by atomic mass is 10.2. The summed E-state index contributed by atoms with van der Waals surface area (Å²) in [7, 11) is 3.64. The second-order valence-electron chi connectivity index (χ2n) is 5.60. The molecule has 0 N–H and O–H groups in total. The largest absolute Gasteiger partial charge is 0.458 e. The lowest BCUT2D eigenvalue weighted by Gasteiger charge is -2.22. The Kier molecular flexibility index (Phi) is 4.34. The Morgan fingerprint density at radius 3 is 2.42 bits per heavy atom. The van der Waals surface area contributed by atoms with Crippen LogP contribution in [-0.2, 0) is 9.53 Å². The fraction of sp³-hybridized carbons (Fsp3) is 0.615. The Hall–Kier alpha value is -1.85. The van der Waals surface area contributed by atoms with E-state index in [0.29, 0.717) is 5.69 Å². The molecule has 1 rings (SSSR count). The summed E-state index contributed by atoms with van der Waals surface area (Å²) in [5.74, 6) is -0.472. The number of rotatable bonds is 3. The third kappa shape index (κ3) is 4.08. The average molecular weight is 267 g/mol. The van der Waals surface area contributed by atoms with E-state index in [1.54, 1.807) is 38.8 Å². The third-order valence-corrected chi connectivity index (χ3v) is 2.44. The summed E-state index contributed by atoms with van der Waals surface area (Å²) >= 11 is 0. The highest BCUT2D eigenvalue weighted by molar-refractivity contribution is 5.74. The maximum Gasteiger partial charge on any atom is 0.331 e. The minimum Gasteiger partial charge on any atom is -0.458 e. The molecule has 0 amide bonds. The fourth-order valence-corrected chi connectivity index (χ4v) is 1.43. The number of aromatic nitrogens is 2. The Morgan fingerprint density at radius 2 is 2.00 bits per heavy atom. The summed E-state index contributed by atoms with van der Waals surface area (Å²) in [6.45, 7) is 6.94. The van der Waals surface area contributed by atoms with Gasteiger partial charge in [0.05, 0.1) is 11.9 Å². The van der Waals surface area contributed by atoms with Crippen molar-refractivity contribution in [3.05, 3.63) is 22.6 Å². The lowest BCUT2D eigenvalue weighted by Crippen LogP contribution is -2.35. The number of carbonyl (C=O) groups excluding carboxylic acids is 1. The zero-order valence-electron chi connectivity index (χ0n) is 12.3. The number of hydrogen-bond donors (Lipinski definition) is 0. The topological polar surface area (TPSA) is 64.4 Å². The lowest BCUT2D eigenvalue weighted by molar-refractivity contribution is -0.158. The number of ether oxygens (including phenoxy) is 1. The number of esters is 1. The van der Waals surface area contributed by atoms with E-state index < -0.39 is 17.6 Å². The molecule has 0 aliphatic heterocycles. The van der Waals surface area contributed by atoms with Crippen molar-refractivity contribution >= 4 is 11.7 Å². The van der Waals surface area contributed by atoms with E-state index in [4.69, 9.17) is 4.74 Å². The normalized spacial score (nSPS) is 12.9. The van der Waals surface area contributed by atoms with Crippen LogP contribution in [0.5, 0.6) is 0 Å². The Balaban J connectivity index is 2.98. The molecule has 0 saturated heterocycles. The van der Waals surface area contributed by atoms with Crippen LogP contribution in [0.15, 0.2) is 17.1 Å². The summed E-state index contributed by atoms with van der Waals surface area (Å²) in [5.41, 5.74) is -0.222. The quantitative estimate of drug-likeness (QED) is 0.770. The first-order valence-electron chi connectivity index (χ1n) is 6.11. The van der Waals surface area contributed by atoms with Crippen molar-refractivity contribution in [2.24, 2.45) is 0 Å². The summed E-state index contributed by atoms with van der Waals surface area (Å²) in [6, 6.07) is 0.691. The molecule has 6 nitrogen and oxygen atoms in total. The van der Waals surface area contributed by atoms with Crippen molar-refractivity contribution in [3.63, 3.8) is 0 Å². The van der Waals surface area contributed by atoms with E-state index in [-0.39, 0.29) is 5.56 Å². The molecule has 1 heterocycles. The second-order valence-corrected chi connectivity index (χ2v) is 5.60. The molecule has 1 aromatic heterocycles. The van der Waals surface area contributed by atoms with E-state index in [2.05, 4.69) is 5.10 Å². The highest BCUT2D eigenvalue weighted by Gasteiger charge is 2.24. The predicted octanol–water partition coefficient (Wildman–Crippen LogP) is 1.21. The van der Waals surface area contributed by atoms with Gasteiger partial charge in [0.25, 0.3) is 5.56 Å². The molecule has 106 valence electrons. The molecule has 6 heteroatoms. The van der Waals surface area contributed by atoms with Crippen LogP contribution >= 0.6 is 0 Å². The standard InChI is InChI=1S/C13H21N3O3/c1-9(12(18)19-13(2,3)4)16-11(17)7-10(8-14-16)15(5)6/h7-9H,1-6H3. The Labute approximate surface area is 113 Å². The van der Waals surface area contributed by atoms with Gasteiger partial charge in [0.1, 0.15) is 5.60 Å². The second kappa shape index (κ2) is 5.42. The predicted molar refractivity (Wildman–Crippen MR) is 73.4 cm³/mol. The molecule has 1 unspecified atom stereocenters. The van der Waals surface area contributed by atoms with Crippen molar-refractivity contribution in [2.75, 3.05) is 19.0 Å². The van der Waals surface area contributed by atoms with Crippen molar-refractivity contribution in [3.8, 4) is 0 Å². The maximum atomic E-state index is 11.9. The molecule has 0 bridgehead atoms. The molecule has 1 aromatic rings. The molecule has 0 spiro atoms. The molecule has 0 aliphatic carbocycles. The minimum atomic E-state index is -0.747. The van der Waals surface area contributed by atoms with Gasteiger partial charge in [-0.25, -0.2) is 9.48 Å². The van der Waals surface area contributed by atoms with Gasteiger partial charge in [0.2, 0.25) is 0 Å². The number of hydrogen-bond acceptors (Lipinski definition) is 5. The average Bonchev–Trinajstić information content (AvgIpc) is 2.25. The van der Waals surface area contributed by atoms with Crippen LogP contribution in [-0.4, -0.2) is 35.4 Å². The Bertz CT molecular complexity index is 515. The van der Waals surface area contributed by atoms with Crippen LogP contribution < -0.4 is 10.5 Å². The van der Waals surface area contributed by atoms with Gasteiger partial charge in [0, 0.05) is 20.2 Å². The monoisotopic (exact) mass is 267 g/mol. The maximum absolute atomic E-state index is 11.9. The molecule has 0 fully saturated rings. The van der Waals surface area contributed by atoms with Crippen molar-refractivity contribution < 1.29 is 9.53 Å². The summed E-state index contributed by atoms with van der Waals surface area (Å²) in [4.78, 5) is 25.6. The first-order valence-corrected chi connectivity index (χ1v) is 6.11. The molecule has 1 atom stereocenters. The van der Waals surface area contributed by atoms with Gasteiger partial charge >= 0.3 is 5.97 Å². The fourth-order valence-electron chi connectivity index (χ4n) is 1.43. The van der Waals surface area contributed by atoms with Gasteiger partial charge in [-0.05, 0) is 27.7 Å². The number of carbonyl (C=O) groups is 1. The SMILES string of the molecule is CC(C(=O)OC(C)(C)C)n1ncc(N(C)C)cc1=O. The van der Waals surface area contributed by atoms with Gasteiger partial charge < -0.3 is 9.64 Å². The highest BCUT2D eigenvalue weighted by Crippen LogP contribution is 2.13. The molecule has 0 aromatic carbocycles. The van der Waals surface area contributed by atoms with Crippen molar-refractivity contribution in [2.45, 2.75) is 39.3 Å². The third-order valence-electron chi connectivity index (χ3n) is 2.44. The minimum absolute atomic E-state index is 0.329. The van der Waals surface area contributed by atoms with Crippen LogP contribution in [0.25, 0.3) is 0 Å². The zero-order chi connectivity index (χ0) is 14.8. The van der Waals surface area contributed by atoms with E-state index in [9.17, 15) is 9.59 Å². The number of nitrogens with zero attached hydrogens (tertiary/aromatic N) is 3. The molecular formula is C13H21N3O3. The van der Waals surface area contributed by atoms with Crippen molar-refractivity contribution in [1.29, 1.82) is 0 Å². The van der Waals surface area contributed by atoms with E-state index in [1.807, 2.05) is 14.1 Å². The number of anilines is 1. The van der Waals surface area contributed by atoms with Gasteiger partial charge in [-0.3, -0.25) is 4.79 Å². The molecular weight excluding hydrogens is 246 g/mol. The van der Waals surface area contributed by atoms with E-state index in [0.717, 1.165) is 4.68 Å². The molecule has 19 heavy (non-hydrogen) atoms. The van der Waals surface area contributed by atoms with Crippen LogP contribution in [0.4, 0.5) is 5.69 Å². The highest BCUT2D eigenvalue weighted by atomic mass is 16.6. The zero-order valence-corrected chi connectivity index (χ0v) is 12.3. The van der Waals surface area contributed by atoms with Gasteiger partial charge in [-0.15, -0.1) is 0 Å².